The molecule has 0 saturated heterocycles. The molecule has 0 bridgehead atoms. The Labute approximate surface area is 111 Å². The molecule has 0 aromatic heterocycles. The number of nitrogens with two attached hydrogens (primary N) is 1. The van der Waals surface area contributed by atoms with Crippen LogP contribution in [0.2, 0.25) is 0 Å². The third kappa shape index (κ3) is 4.37. The zero-order chi connectivity index (χ0) is 12.7. The molecule has 1 aromatic rings. The van der Waals surface area contributed by atoms with Gasteiger partial charge >= 0.3 is 0 Å². The summed E-state index contributed by atoms with van der Waals surface area (Å²) in [6, 6.07) is 6.18. The number of hydrogen-bond acceptors (Lipinski definition) is 3. The minimum absolute atomic E-state index is 0.530. The van der Waals surface area contributed by atoms with Crippen LogP contribution < -0.4 is 10.5 Å². The predicted molar refractivity (Wildman–Crippen MR) is 72.0 cm³/mol. The van der Waals surface area contributed by atoms with Crippen molar-refractivity contribution in [2.45, 2.75) is 26.2 Å². The first-order valence-electron chi connectivity index (χ1n) is 5.68. The quantitative estimate of drug-likeness (QED) is 0.821. The molecule has 92 valence electrons. The molecule has 4 heteroatoms. The van der Waals surface area contributed by atoms with Gasteiger partial charge < -0.3 is 10.5 Å². The summed E-state index contributed by atoms with van der Waals surface area (Å²) in [6.45, 7) is 3.20. The first kappa shape index (κ1) is 14.0. The molecule has 0 spiro atoms. The summed E-state index contributed by atoms with van der Waals surface area (Å²) < 4.78 is 6.79. The van der Waals surface area contributed by atoms with E-state index in [1.165, 1.54) is 0 Å². The molecular weight excluding hydrogens is 280 g/mol. The van der Waals surface area contributed by atoms with E-state index in [0.29, 0.717) is 19.6 Å². The first-order valence-corrected chi connectivity index (χ1v) is 6.47. The zero-order valence-electron chi connectivity index (χ0n) is 10.0. The van der Waals surface area contributed by atoms with E-state index in [4.69, 9.17) is 15.7 Å². The molecule has 0 radical (unpaired) electrons. The summed E-state index contributed by atoms with van der Waals surface area (Å²) >= 11 is 3.47. The number of halogens is 1. The number of rotatable bonds is 6. The van der Waals surface area contributed by atoms with Gasteiger partial charge in [-0.1, -0.05) is 15.9 Å². The van der Waals surface area contributed by atoms with Gasteiger partial charge in [0, 0.05) is 10.9 Å². The van der Waals surface area contributed by atoms with Gasteiger partial charge in [-0.25, -0.2) is 0 Å². The van der Waals surface area contributed by atoms with Crippen LogP contribution in [0.25, 0.3) is 0 Å². The van der Waals surface area contributed by atoms with Crippen LogP contribution in [-0.4, -0.2) is 13.2 Å². The van der Waals surface area contributed by atoms with Crippen molar-refractivity contribution in [2.24, 2.45) is 5.73 Å². The highest BCUT2D eigenvalue weighted by Crippen LogP contribution is 2.28. The Morgan fingerprint density at radius 2 is 2.24 bits per heavy atom. The van der Waals surface area contributed by atoms with E-state index < -0.39 is 0 Å². The van der Waals surface area contributed by atoms with E-state index in [9.17, 15) is 0 Å². The first-order chi connectivity index (χ1) is 8.19. The average molecular weight is 297 g/mol. The maximum Gasteiger partial charge on any atom is 0.125 e. The highest BCUT2D eigenvalue weighted by molar-refractivity contribution is 9.10. The second-order valence-electron chi connectivity index (χ2n) is 3.86. The van der Waals surface area contributed by atoms with Crippen molar-refractivity contribution in [3.05, 3.63) is 27.7 Å². The normalized spacial score (nSPS) is 10.0. The summed E-state index contributed by atoms with van der Waals surface area (Å²) in [6.07, 6.45) is 2.09. The highest BCUT2D eigenvalue weighted by atomic mass is 79.9. The van der Waals surface area contributed by atoms with Crippen molar-refractivity contribution in [1.82, 2.24) is 0 Å². The van der Waals surface area contributed by atoms with Gasteiger partial charge in [-0.3, -0.25) is 0 Å². The van der Waals surface area contributed by atoms with Crippen molar-refractivity contribution in [1.29, 1.82) is 5.26 Å². The Balaban J connectivity index is 2.77. The van der Waals surface area contributed by atoms with E-state index in [2.05, 4.69) is 22.0 Å². The predicted octanol–water partition coefficient (Wildman–Crippen LogP) is 2.94. The summed E-state index contributed by atoms with van der Waals surface area (Å²) in [7, 11) is 0. The number of benzene rings is 1. The second kappa shape index (κ2) is 7.31. The van der Waals surface area contributed by atoms with Gasteiger partial charge in [0.1, 0.15) is 5.75 Å². The molecule has 1 aromatic carbocycles. The number of aryl methyl sites for hydroxylation is 1. The fourth-order valence-corrected chi connectivity index (χ4v) is 2.29. The number of hydrogen-bond donors (Lipinski definition) is 1. The smallest absolute Gasteiger partial charge is 0.125 e. The molecule has 0 fully saturated rings. The van der Waals surface area contributed by atoms with Crippen LogP contribution in [0.1, 0.15) is 24.0 Å². The van der Waals surface area contributed by atoms with Gasteiger partial charge in [0.05, 0.1) is 12.7 Å². The summed E-state index contributed by atoms with van der Waals surface area (Å²) in [5, 5.41) is 8.46. The van der Waals surface area contributed by atoms with E-state index in [1.54, 1.807) is 0 Å². The Morgan fingerprint density at radius 1 is 1.47 bits per heavy atom. The van der Waals surface area contributed by atoms with Gasteiger partial charge in [0.25, 0.3) is 0 Å². The maximum absolute atomic E-state index is 8.46. The molecule has 3 nitrogen and oxygen atoms in total. The Kier molecular flexibility index (Phi) is 6.03. The summed E-state index contributed by atoms with van der Waals surface area (Å²) in [5.74, 6) is 0.914. The molecule has 0 aliphatic carbocycles. The molecule has 0 saturated carbocycles. The monoisotopic (exact) mass is 296 g/mol. The van der Waals surface area contributed by atoms with Gasteiger partial charge in [0.2, 0.25) is 0 Å². The largest absolute Gasteiger partial charge is 0.493 e. The lowest BCUT2D eigenvalue weighted by Gasteiger charge is -2.14. The third-order valence-corrected chi connectivity index (χ3v) is 2.87. The molecule has 0 heterocycles. The van der Waals surface area contributed by atoms with Crippen LogP contribution in [0.4, 0.5) is 0 Å². The number of nitriles is 1. The molecule has 0 aliphatic heterocycles. The lowest BCUT2D eigenvalue weighted by molar-refractivity contribution is 0.307. The summed E-state index contributed by atoms with van der Waals surface area (Å²) in [4.78, 5) is 0. The average Bonchev–Trinajstić information content (AvgIpc) is 2.27. The fourth-order valence-electron chi connectivity index (χ4n) is 1.67. The van der Waals surface area contributed by atoms with Crippen molar-refractivity contribution < 1.29 is 4.74 Å². The lowest BCUT2D eigenvalue weighted by Crippen LogP contribution is -2.07. The topological polar surface area (TPSA) is 59.0 Å². The number of ether oxygens (including phenoxy) is 1. The van der Waals surface area contributed by atoms with Crippen LogP contribution >= 0.6 is 15.9 Å². The molecule has 0 amide bonds. The Bertz CT molecular complexity index is 413. The van der Waals surface area contributed by atoms with Crippen LogP contribution in [0.3, 0.4) is 0 Å². The third-order valence-electron chi connectivity index (χ3n) is 2.41. The standard InChI is InChI=1S/C13H17BrN2O/c1-10-8-12(14)9-11(4-6-16)13(10)17-7-3-2-5-15/h8-9H,2-4,6-7,16H2,1H3. The van der Waals surface area contributed by atoms with Crippen molar-refractivity contribution in [3.8, 4) is 11.8 Å². The second-order valence-corrected chi connectivity index (χ2v) is 4.78. The summed E-state index contributed by atoms with van der Waals surface area (Å²) in [5.41, 5.74) is 7.81. The van der Waals surface area contributed by atoms with Crippen molar-refractivity contribution in [2.75, 3.05) is 13.2 Å². The van der Waals surface area contributed by atoms with Gasteiger partial charge in [-0.15, -0.1) is 0 Å². The van der Waals surface area contributed by atoms with E-state index in [1.807, 2.05) is 19.1 Å². The highest BCUT2D eigenvalue weighted by Gasteiger charge is 2.08. The molecule has 0 unspecified atom stereocenters. The van der Waals surface area contributed by atoms with Gasteiger partial charge in [-0.2, -0.15) is 5.26 Å². The fraction of sp³-hybridized carbons (Fsp3) is 0.462. The molecule has 2 N–H and O–H groups in total. The Morgan fingerprint density at radius 3 is 2.88 bits per heavy atom. The molecule has 0 aliphatic rings. The minimum atomic E-state index is 0.530. The number of nitrogens with zero attached hydrogens (tertiary/aromatic N) is 1. The van der Waals surface area contributed by atoms with Crippen LogP contribution in [-0.2, 0) is 6.42 Å². The van der Waals surface area contributed by atoms with Crippen molar-refractivity contribution >= 4 is 15.9 Å². The lowest BCUT2D eigenvalue weighted by atomic mass is 10.1. The maximum atomic E-state index is 8.46. The van der Waals surface area contributed by atoms with Crippen LogP contribution in [0.15, 0.2) is 16.6 Å². The van der Waals surface area contributed by atoms with E-state index in [0.717, 1.165) is 34.2 Å². The minimum Gasteiger partial charge on any atom is -0.493 e. The zero-order valence-corrected chi connectivity index (χ0v) is 11.6. The van der Waals surface area contributed by atoms with E-state index in [-0.39, 0.29) is 0 Å². The SMILES string of the molecule is Cc1cc(Br)cc(CCN)c1OCCCC#N. The molecule has 1 rings (SSSR count). The molecular formula is C13H17BrN2O. The Hall–Kier alpha value is -1.05. The molecule has 0 atom stereocenters. The van der Waals surface area contributed by atoms with Crippen LogP contribution in [0, 0.1) is 18.3 Å². The number of unbranched alkanes of at least 4 members (excludes halogenated alkanes) is 1. The van der Waals surface area contributed by atoms with Gasteiger partial charge in [0.15, 0.2) is 0 Å². The molecule has 17 heavy (non-hydrogen) atoms. The van der Waals surface area contributed by atoms with Gasteiger partial charge in [-0.05, 0) is 49.6 Å². The van der Waals surface area contributed by atoms with E-state index >= 15 is 0 Å². The van der Waals surface area contributed by atoms with Crippen LogP contribution in [0.5, 0.6) is 5.75 Å². The van der Waals surface area contributed by atoms with Crippen molar-refractivity contribution in [3.63, 3.8) is 0 Å².